The van der Waals surface area contributed by atoms with E-state index in [0.29, 0.717) is 5.75 Å². The first-order chi connectivity index (χ1) is 14.9. The van der Waals surface area contributed by atoms with Gasteiger partial charge in [0, 0.05) is 43.7 Å². The molecule has 1 aliphatic rings. The molecule has 0 atom stereocenters. The van der Waals surface area contributed by atoms with Crippen molar-refractivity contribution in [2.45, 2.75) is 36.7 Å². The Labute approximate surface area is 188 Å². The van der Waals surface area contributed by atoms with Crippen molar-refractivity contribution >= 4 is 27.5 Å². The predicted octanol–water partition coefficient (Wildman–Crippen LogP) is 2.80. The van der Waals surface area contributed by atoms with E-state index in [-0.39, 0.29) is 29.8 Å². The van der Waals surface area contributed by atoms with E-state index >= 15 is 0 Å². The molecule has 7 nitrogen and oxygen atoms in total. The molecule has 0 aliphatic carbocycles. The van der Waals surface area contributed by atoms with Crippen LogP contribution in [0.5, 0.6) is 5.75 Å². The van der Waals surface area contributed by atoms with Gasteiger partial charge in [-0.1, -0.05) is 23.7 Å². The van der Waals surface area contributed by atoms with E-state index in [4.69, 9.17) is 16.3 Å². The molecular weight excluding hydrogens is 438 g/mol. The number of carbonyl (C=O) groups is 1. The first-order valence-corrected chi connectivity index (χ1v) is 12.1. The van der Waals surface area contributed by atoms with Gasteiger partial charge < -0.3 is 10.1 Å². The molecule has 2 aromatic carbocycles. The van der Waals surface area contributed by atoms with Crippen LogP contribution in [0.25, 0.3) is 0 Å². The Balaban J connectivity index is 1.36. The lowest BCUT2D eigenvalue weighted by atomic mass is 10.0. The third-order valence-electron chi connectivity index (χ3n) is 5.29. The molecule has 1 aliphatic heterocycles. The number of rotatable bonds is 9. The molecule has 2 N–H and O–H groups in total. The lowest BCUT2D eigenvalue weighted by Crippen LogP contribution is -2.45. The number of methoxy groups -OCH3 is 1. The van der Waals surface area contributed by atoms with Crippen molar-refractivity contribution in [3.05, 3.63) is 59.1 Å². The van der Waals surface area contributed by atoms with Gasteiger partial charge in [-0.3, -0.25) is 9.69 Å². The maximum atomic E-state index is 12.3. The molecule has 0 radical (unpaired) electrons. The second-order valence-electron chi connectivity index (χ2n) is 7.57. The highest BCUT2D eigenvalue weighted by Crippen LogP contribution is 2.17. The maximum absolute atomic E-state index is 12.3. The molecular formula is C22H28ClN3O4S. The summed E-state index contributed by atoms with van der Waals surface area (Å²) in [7, 11) is -2.14. The van der Waals surface area contributed by atoms with Crippen LogP contribution in [0.15, 0.2) is 53.4 Å². The number of halogens is 1. The summed E-state index contributed by atoms with van der Waals surface area (Å²) in [5.74, 6) is 0.436. The number of sulfonamides is 1. The minimum atomic E-state index is -3.65. The summed E-state index contributed by atoms with van der Waals surface area (Å²) in [6.07, 6.45) is 1.84. The molecule has 1 heterocycles. The Bertz CT molecular complexity index is 957. The van der Waals surface area contributed by atoms with Crippen molar-refractivity contribution in [2.24, 2.45) is 0 Å². The van der Waals surface area contributed by atoms with Gasteiger partial charge in [0.1, 0.15) is 5.75 Å². The second kappa shape index (κ2) is 10.9. The Kier molecular flexibility index (Phi) is 8.31. The van der Waals surface area contributed by atoms with Gasteiger partial charge in [0.2, 0.25) is 15.9 Å². The van der Waals surface area contributed by atoms with Crippen molar-refractivity contribution in [1.82, 2.24) is 14.9 Å². The highest BCUT2D eigenvalue weighted by Gasteiger charge is 2.21. The minimum absolute atomic E-state index is 0.0512. The Morgan fingerprint density at radius 2 is 1.74 bits per heavy atom. The van der Waals surface area contributed by atoms with Crippen molar-refractivity contribution in [3.63, 3.8) is 0 Å². The van der Waals surface area contributed by atoms with E-state index in [1.54, 1.807) is 12.1 Å². The van der Waals surface area contributed by atoms with Crippen molar-refractivity contribution in [1.29, 1.82) is 0 Å². The summed E-state index contributed by atoms with van der Waals surface area (Å²) >= 11 is 5.93. The molecule has 2 aromatic rings. The minimum Gasteiger partial charge on any atom is -0.497 e. The van der Waals surface area contributed by atoms with E-state index in [1.165, 1.54) is 24.8 Å². The van der Waals surface area contributed by atoms with Crippen LogP contribution in [0.1, 0.15) is 24.8 Å². The van der Waals surface area contributed by atoms with Crippen molar-refractivity contribution < 1.29 is 17.9 Å². The van der Waals surface area contributed by atoms with E-state index in [9.17, 15) is 13.2 Å². The third-order valence-corrected chi connectivity index (χ3v) is 7.01. The molecule has 0 spiro atoms. The lowest BCUT2D eigenvalue weighted by Gasteiger charge is -2.32. The SMILES string of the molecule is COc1ccc(S(=O)(=O)NCCC(=O)NC2CCN(Cc3ccc(Cl)cc3)CC2)cc1. The van der Waals surface area contributed by atoms with Gasteiger partial charge >= 0.3 is 0 Å². The number of nitrogens with zero attached hydrogens (tertiary/aromatic N) is 1. The van der Waals surface area contributed by atoms with Gasteiger partial charge in [-0.15, -0.1) is 0 Å². The van der Waals surface area contributed by atoms with E-state index < -0.39 is 10.0 Å². The number of amides is 1. The van der Waals surface area contributed by atoms with Crippen LogP contribution in [-0.2, 0) is 21.4 Å². The van der Waals surface area contributed by atoms with Crippen LogP contribution in [0.2, 0.25) is 5.02 Å². The lowest BCUT2D eigenvalue weighted by molar-refractivity contribution is -0.121. The number of ether oxygens (including phenoxy) is 1. The molecule has 0 bridgehead atoms. The number of carbonyl (C=O) groups excluding carboxylic acids is 1. The zero-order valence-corrected chi connectivity index (χ0v) is 19.1. The van der Waals surface area contributed by atoms with Gasteiger partial charge in [-0.25, -0.2) is 13.1 Å². The monoisotopic (exact) mass is 465 g/mol. The summed E-state index contributed by atoms with van der Waals surface area (Å²) in [4.78, 5) is 14.7. The molecule has 1 amide bonds. The number of nitrogens with one attached hydrogen (secondary N) is 2. The molecule has 9 heteroatoms. The number of piperidine rings is 1. The van der Waals surface area contributed by atoms with Gasteiger partial charge in [0.15, 0.2) is 0 Å². The fraction of sp³-hybridized carbons (Fsp3) is 0.409. The zero-order chi connectivity index (χ0) is 22.3. The standard InChI is InChI=1S/C22H28ClN3O4S/c1-30-20-6-8-21(9-7-20)31(28,29)24-13-10-22(27)25-19-11-14-26(15-12-19)16-17-2-4-18(23)5-3-17/h2-9,19,24H,10-16H2,1H3,(H,25,27). The summed E-state index contributed by atoms with van der Waals surface area (Å²) in [6, 6.07) is 14.1. The molecule has 3 rings (SSSR count). The van der Waals surface area contributed by atoms with Crippen LogP contribution in [-0.4, -0.2) is 52.0 Å². The normalized spacial score (nSPS) is 15.5. The fourth-order valence-electron chi connectivity index (χ4n) is 3.52. The molecule has 1 fully saturated rings. The summed E-state index contributed by atoms with van der Waals surface area (Å²) in [5.41, 5.74) is 1.22. The molecule has 0 saturated carbocycles. The number of benzene rings is 2. The Morgan fingerprint density at radius 3 is 2.35 bits per heavy atom. The van der Waals surface area contributed by atoms with Gasteiger partial charge in [-0.2, -0.15) is 0 Å². The van der Waals surface area contributed by atoms with Crippen LogP contribution in [0.4, 0.5) is 0 Å². The number of likely N-dealkylation sites (tertiary alicyclic amines) is 1. The van der Waals surface area contributed by atoms with Crippen LogP contribution >= 0.6 is 11.6 Å². The first kappa shape index (κ1) is 23.5. The quantitative estimate of drug-likeness (QED) is 0.594. The summed E-state index contributed by atoms with van der Waals surface area (Å²) in [5, 5.41) is 3.75. The zero-order valence-electron chi connectivity index (χ0n) is 17.5. The Hall–Kier alpha value is -2.13. The molecule has 31 heavy (non-hydrogen) atoms. The van der Waals surface area contributed by atoms with Crippen molar-refractivity contribution in [2.75, 3.05) is 26.7 Å². The first-order valence-electron chi connectivity index (χ1n) is 10.3. The largest absolute Gasteiger partial charge is 0.497 e. The number of hydrogen-bond donors (Lipinski definition) is 2. The van der Waals surface area contributed by atoms with Gasteiger partial charge in [-0.05, 0) is 54.8 Å². The van der Waals surface area contributed by atoms with Gasteiger partial charge in [0.25, 0.3) is 0 Å². The van der Waals surface area contributed by atoms with E-state index in [2.05, 4.69) is 14.9 Å². The van der Waals surface area contributed by atoms with Crippen LogP contribution in [0, 0.1) is 0 Å². The summed E-state index contributed by atoms with van der Waals surface area (Å²) < 4.78 is 32.1. The highest BCUT2D eigenvalue weighted by atomic mass is 35.5. The van der Waals surface area contributed by atoms with Gasteiger partial charge in [0.05, 0.1) is 12.0 Å². The van der Waals surface area contributed by atoms with Crippen LogP contribution < -0.4 is 14.8 Å². The molecule has 0 unspecified atom stereocenters. The molecule has 0 aromatic heterocycles. The van der Waals surface area contributed by atoms with E-state index in [0.717, 1.165) is 37.5 Å². The smallest absolute Gasteiger partial charge is 0.240 e. The Morgan fingerprint density at radius 1 is 1.10 bits per heavy atom. The van der Waals surface area contributed by atoms with Crippen molar-refractivity contribution in [3.8, 4) is 5.75 Å². The highest BCUT2D eigenvalue weighted by molar-refractivity contribution is 7.89. The predicted molar refractivity (Wildman–Crippen MR) is 121 cm³/mol. The summed E-state index contributed by atoms with van der Waals surface area (Å²) in [6.45, 7) is 2.72. The van der Waals surface area contributed by atoms with E-state index in [1.807, 2.05) is 24.3 Å². The number of hydrogen-bond acceptors (Lipinski definition) is 5. The van der Waals surface area contributed by atoms with Crippen LogP contribution in [0.3, 0.4) is 0 Å². The maximum Gasteiger partial charge on any atom is 0.240 e. The molecule has 168 valence electrons. The second-order valence-corrected chi connectivity index (χ2v) is 9.77. The fourth-order valence-corrected chi connectivity index (χ4v) is 4.68. The third kappa shape index (κ3) is 7.21. The molecule has 1 saturated heterocycles. The topological polar surface area (TPSA) is 87.7 Å². The average Bonchev–Trinajstić information content (AvgIpc) is 2.76. The average molecular weight is 466 g/mol.